The maximum Gasteiger partial charge on any atom is 0.346 e. The molecule has 1 saturated carbocycles. The van der Waals surface area contributed by atoms with E-state index in [-0.39, 0.29) is 23.3 Å². The lowest BCUT2D eigenvalue weighted by Crippen LogP contribution is -2.21. The molecule has 0 spiro atoms. The van der Waals surface area contributed by atoms with Crippen molar-refractivity contribution < 1.29 is 27.4 Å². The van der Waals surface area contributed by atoms with E-state index in [1.54, 1.807) is 6.07 Å². The highest BCUT2D eigenvalue weighted by atomic mass is 19.2. The molecule has 2 aromatic rings. The van der Waals surface area contributed by atoms with Gasteiger partial charge in [-0.1, -0.05) is 19.4 Å². The van der Waals surface area contributed by atoms with Gasteiger partial charge in [0, 0.05) is 12.7 Å². The summed E-state index contributed by atoms with van der Waals surface area (Å²) in [4.78, 5) is 12.2. The first-order valence-electron chi connectivity index (χ1n) is 10.1. The Kier molecular flexibility index (Phi) is 7.31. The second kappa shape index (κ2) is 9.92. The maximum absolute atomic E-state index is 14.5. The van der Waals surface area contributed by atoms with Crippen LogP contribution in [-0.4, -0.2) is 18.7 Å². The third-order valence-corrected chi connectivity index (χ3v) is 5.31. The third kappa shape index (κ3) is 5.60. The highest BCUT2D eigenvalue weighted by Gasteiger charge is 2.24. The molecule has 29 heavy (non-hydrogen) atoms. The molecule has 0 heterocycles. The lowest BCUT2D eigenvalue weighted by Gasteiger charge is -2.29. The van der Waals surface area contributed by atoms with Crippen LogP contribution < -0.4 is 4.74 Å². The van der Waals surface area contributed by atoms with Gasteiger partial charge in [-0.25, -0.2) is 18.0 Å². The van der Waals surface area contributed by atoms with Crippen LogP contribution in [0.2, 0.25) is 0 Å². The predicted octanol–water partition coefficient (Wildman–Crippen LogP) is 6.17. The van der Waals surface area contributed by atoms with Crippen molar-refractivity contribution in [3.63, 3.8) is 0 Å². The number of hydrogen-bond donors (Lipinski definition) is 0. The zero-order valence-corrected chi connectivity index (χ0v) is 16.4. The minimum absolute atomic E-state index is 0.182. The number of carbonyl (C=O) groups is 1. The summed E-state index contributed by atoms with van der Waals surface area (Å²) in [5.41, 5.74) is 0.606. The number of halogens is 3. The smallest absolute Gasteiger partial charge is 0.346 e. The lowest BCUT2D eigenvalue weighted by atomic mass is 9.82. The van der Waals surface area contributed by atoms with Crippen molar-refractivity contribution in [1.82, 2.24) is 0 Å². The molecule has 1 fully saturated rings. The van der Waals surface area contributed by atoms with Crippen LogP contribution in [0.4, 0.5) is 13.2 Å². The zero-order valence-electron chi connectivity index (χ0n) is 16.4. The molecule has 0 N–H and O–H groups in total. The van der Waals surface area contributed by atoms with Crippen LogP contribution >= 0.6 is 0 Å². The number of carbonyl (C=O) groups excluding carboxylic acids is 1. The van der Waals surface area contributed by atoms with E-state index in [2.05, 4.69) is 6.92 Å². The predicted molar refractivity (Wildman–Crippen MR) is 104 cm³/mol. The van der Waals surface area contributed by atoms with Crippen molar-refractivity contribution >= 4 is 5.97 Å². The quantitative estimate of drug-likeness (QED) is 0.314. The molecule has 0 saturated heterocycles. The number of hydrogen-bond acceptors (Lipinski definition) is 3. The van der Waals surface area contributed by atoms with E-state index >= 15 is 0 Å². The summed E-state index contributed by atoms with van der Waals surface area (Å²) in [5, 5.41) is 0. The van der Waals surface area contributed by atoms with Gasteiger partial charge in [0.15, 0.2) is 11.6 Å². The van der Waals surface area contributed by atoms with Crippen LogP contribution in [0.15, 0.2) is 36.4 Å². The van der Waals surface area contributed by atoms with E-state index in [9.17, 15) is 18.0 Å². The normalized spacial score (nSPS) is 19.2. The number of ether oxygens (including phenoxy) is 2. The molecule has 0 atom stereocenters. The van der Waals surface area contributed by atoms with Gasteiger partial charge in [-0.15, -0.1) is 0 Å². The van der Waals surface area contributed by atoms with Crippen molar-refractivity contribution in [1.29, 1.82) is 0 Å². The van der Waals surface area contributed by atoms with Crippen molar-refractivity contribution in [2.45, 2.75) is 57.5 Å². The van der Waals surface area contributed by atoms with Gasteiger partial charge < -0.3 is 9.47 Å². The first kappa shape index (κ1) is 21.4. The summed E-state index contributed by atoms with van der Waals surface area (Å²) >= 11 is 0. The average Bonchev–Trinajstić information content (AvgIpc) is 2.71. The highest BCUT2D eigenvalue weighted by Crippen LogP contribution is 2.35. The van der Waals surface area contributed by atoms with Gasteiger partial charge in [0.25, 0.3) is 0 Å². The Balaban J connectivity index is 1.60. The molecule has 3 nitrogen and oxygen atoms in total. The monoisotopic (exact) mass is 406 g/mol. The molecule has 6 heteroatoms. The van der Waals surface area contributed by atoms with Crippen molar-refractivity contribution in [2.24, 2.45) is 0 Å². The van der Waals surface area contributed by atoms with Gasteiger partial charge in [-0.2, -0.15) is 0 Å². The van der Waals surface area contributed by atoms with E-state index in [0.29, 0.717) is 0 Å². The number of esters is 1. The summed E-state index contributed by atoms with van der Waals surface area (Å²) < 4.78 is 51.6. The van der Waals surface area contributed by atoms with Gasteiger partial charge in [0.2, 0.25) is 0 Å². The maximum atomic E-state index is 14.5. The molecule has 0 bridgehead atoms. The molecule has 1 aliphatic rings. The van der Waals surface area contributed by atoms with E-state index in [4.69, 9.17) is 9.47 Å². The van der Waals surface area contributed by atoms with Gasteiger partial charge >= 0.3 is 5.97 Å². The van der Waals surface area contributed by atoms with E-state index in [1.807, 2.05) is 0 Å². The summed E-state index contributed by atoms with van der Waals surface area (Å²) in [6.07, 6.45) is 6.15. The van der Waals surface area contributed by atoms with Gasteiger partial charge in [0.05, 0.1) is 11.7 Å². The standard InChI is InChI=1S/C23H25F3O3/c1-2-3-12-28-17-7-4-15(5-8-17)16-6-10-19(21(25)13-16)23(27)29-18-9-11-20(24)22(26)14-18/h6,9-11,13-15,17H,2-5,7-8,12H2,1H3. The average molecular weight is 406 g/mol. The number of rotatable bonds is 7. The Morgan fingerprint density at radius 2 is 1.72 bits per heavy atom. The van der Waals surface area contributed by atoms with Crippen molar-refractivity contribution in [3.05, 3.63) is 65.0 Å². The molecule has 0 aliphatic heterocycles. The molecule has 156 valence electrons. The molecular formula is C23H25F3O3. The fraction of sp³-hybridized carbons (Fsp3) is 0.435. The molecule has 3 rings (SSSR count). The fourth-order valence-corrected chi connectivity index (χ4v) is 3.61. The number of unbranched alkanes of at least 4 members (excludes halogenated alkanes) is 1. The van der Waals surface area contributed by atoms with Crippen LogP contribution in [0, 0.1) is 17.5 Å². The van der Waals surface area contributed by atoms with Crippen LogP contribution in [-0.2, 0) is 4.74 Å². The van der Waals surface area contributed by atoms with Crippen LogP contribution in [0.5, 0.6) is 5.75 Å². The SMILES string of the molecule is CCCCOC1CCC(c2ccc(C(=O)Oc3ccc(F)c(F)c3)c(F)c2)CC1. The minimum atomic E-state index is -1.14. The largest absolute Gasteiger partial charge is 0.423 e. The molecule has 0 amide bonds. The molecular weight excluding hydrogens is 381 g/mol. The minimum Gasteiger partial charge on any atom is -0.423 e. The summed E-state index contributed by atoms with van der Waals surface area (Å²) in [7, 11) is 0. The first-order chi connectivity index (χ1) is 14.0. The molecule has 0 unspecified atom stereocenters. The van der Waals surface area contributed by atoms with Crippen LogP contribution in [0.25, 0.3) is 0 Å². The Morgan fingerprint density at radius 3 is 2.38 bits per heavy atom. The van der Waals surface area contributed by atoms with E-state index in [1.165, 1.54) is 12.1 Å². The third-order valence-electron chi connectivity index (χ3n) is 5.31. The van der Waals surface area contributed by atoms with Gasteiger partial charge in [-0.05, 0) is 67.9 Å². The van der Waals surface area contributed by atoms with Crippen LogP contribution in [0.3, 0.4) is 0 Å². The second-order valence-corrected chi connectivity index (χ2v) is 7.40. The Labute approximate surface area is 168 Å². The topological polar surface area (TPSA) is 35.5 Å². The second-order valence-electron chi connectivity index (χ2n) is 7.40. The summed E-state index contributed by atoms with van der Waals surface area (Å²) in [5.74, 6) is -3.78. The zero-order chi connectivity index (χ0) is 20.8. The molecule has 1 aliphatic carbocycles. The lowest BCUT2D eigenvalue weighted by molar-refractivity contribution is 0.0232. The summed E-state index contributed by atoms with van der Waals surface area (Å²) in [6.45, 7) is 2.92. The highest BCUT2D eigenvalue weighted by molar-refractivity contribution is 5.91. The molecule has 2 aromatic carbocycles. The van der Waals surface area contributed by atoms with Gasteiger partial charge in [-0.3, -0.25) is 0 Å². The fourth-order valence-electron chi connectivity index (χ4n) is 3.61. The van der Waals surface area contributed by atoms with Gasteiger partial charge in [0.1, 0.15) is 11.6 Å². The Bertz CT molecular complexity index is 845. The number of benzene rings is 2. The molecule has 0 radical (unpaired) electrons. The summed E-state index contributed by atoms with van der Waals surface area (Å²) in [6, 6.07) is 7.19. The van der Waals surface area contributed by atoms with Crippen molar-refractivity contribution in [3.8, 4) is 5.75 Å². The van der Waals surface area contributed by atoms with Crippen molar-refractivity contribution in [2.75, 3.05) is 6.61 Å². The van der Waals surface area contributed by atoms with Crippen LogP contribution in [0.1, 0.15) is 67.3 Å². The Hall–Kier alpha value is -2.34. The van der Waals surface area contributed by atoms with E-state index in [0.717, 1.165) is 68.9 Å². The Morgan fingerprint density at radius 1 is 0.966 bits per heavy atom. The molecule has 0 aromatic heterocycles. The first-order valence-corrected chi connectivity index (χ1v) is 10.1. The van der Waals surface area contributed by atoms with E-state index < -0.39 is 23.4 Å².